The van der Waals surface area contributed by atoms with Crippen molar-refractivity contribution in [1.29, 1.82) is 0 Å². The summed E-state index contributed by atoms with van der Waals surface area (Å²) < 4.78 is 0. The van der Waals surface area contributed by atoms with Crippen molar-refractivity contribution in [3.8, 4) is 0 Å². The lowest BCUT2D eigenvalue weighted by atomic mass is 9.44. The molecule has 0 spiro atoms. The van der Waals surface area contributed by atoms with E-state index in [-0.39, 0.29) is 17.6 Å². The van der Waals surface area contributed by atoms with Gasteiger partial charge in [0.15, 0.2) is 0 Å². The summed E-state index contributed by atoms with van der Waals surface area (Å²) >= 11 is 0. The minimum Gasteiger partial charge on any atom is -0.393 e. The third-order valence-electron chi connectivity index (χ3n) is 11.8. The van der Waals surface area contributed by atoms with E-state index in [1.165, 1.54) is 76.2 Å². The number of hydrogen-bond donors (Lipinski definition) is 2. The first-order valence-corrected chi connectivity index (χ1v) is 14.9. The van der Waals surface area contributed by atoms with Crippen molar-refractivity contribution in [3.63, 3.8) is 0 Å². The molecule has 0 aliphatic heterocycles. The maximum Gasteiger partial charge on any atom is 0.0757 e. The van der Waals surface area contributed by atoms with Gasteiger partial charge in [-0.05, 0) is 111 Å². The maximum atomic E-state index is 11.6. The van der Waals surface area contributed by atoms with Crippen LogP contribution in [0.25, 0.3) is 0 Å². The summed E-state index contributed by atoms with van der Waals surface area (Å²) in [7, 11) is 0. The zero-order valence-electron chi connectivity index (χ0n) is 22.5. The Morgan fingerprint density at radius 2 is 1.70 bits per heavy atom. The number of fused-ring (bicyclic) bond motifs is 5. The van der Waals surface area contributed by atoms with E-state index < -0.39 is 0 Å². The minimum absolute atomic E-state index is 0.200. The first-order valence-electron chi connectivity index (χ1n) is 14.9. The lowest BCUT2D eigenvalue weighted by Gasteiger charge is -2.61. The molecule has 0 aromatic carbocycles. The fourth-order valence-corrected chi connectivity index (χ4v) is 10.2. The molecular formula is C31H54O2. The average molecular weight is 459 g/mol. The van der Waals surface area contributed by atoms with Crippen LogP contribution in [0.1, 0.15) is 125 Å². The number of aliphatic hydroxyl groups is 2. The van der Waals surface area contributed by atoms with Gasteiger partial charge in [-0.3, -0.25) is 0 Å². The summed E-state index contributed by atoms with van der Waals surface area (Å²) in [6.45, 7) is 12.1. The summed E-state index contributed by atoms with van der Waals surface area (Å²) in [5, 5.41) is 21.9. The molecule has 0 heterocycles. The number of rotatable bonds is 9. The fraction of sp³-hybridized carbons (Fsp3) is 0.935. The van der Waals surface area contributed by atoms with Crippen LogP contribution in [-0.4, -0.2) is 22.4 Å². The zero-order valence-corrected chi connectivity index (χ0v) is 22.5. The monoisotopic (exact) mass is 458 g/mol. The first kappa shape index (κ1) is 25.7. The predicted molar refractivity (Wildman–Crippen MR) is 139 cm³/mol. The standard InChI is InChI=1S/C31H54O2/c1-6-10-21(5)11-12-22(7-2)25-13-14-26-29-27(16-18-31(25,26)9-4)30(8-3)17-15-24(32)19-23(30)20-28(29)33/h20-22,24-29,32-33H,6-19H2,1-5H3/t21-,22-,24+,25-,26-,27+,28-,29-,30+,31-/m0/s1. The zero-order chi connectivity index (χ0) is 23.8. The molecule has 0 amide bonds. The van der Waals surface area contributed by atoms with Gasteiger partial charge >= 0.3 is 0 Å². The molecule has 4 aliphatic rings. The van der Waals surface area contributed by atoms with E-state index in [0.717, 1.165) is 37.0 Å². The van der Waals surface area contributed by atoms with Gasteiger partial charge in [-0.1, -0.05) is 72.0 Å². The molecule has 190 valence electrons. The molecule has 0 bridgehead atoms. The van der Waals surface area contributed by atoms with Crippen molar-refractivity contribution < 1.29 is 10.2 Å². The van der Waals surface area contributed by atoms with E-state index in [4.69, 9.17) is 0 Å². The van der Waals surface area contributed by atoms with Gasteiger partial charge in [0.2, 0.25) is 0 Å². The van der Waals surface area contributed by atoms with E-state index in [2.05, 4.69) is 40.7 Å². The Morgan fingerprint density at radius 1 is 0.909 bits per heavy atom. The SMILES string of the molecule is CCC[C@H](C)CC[C@H](CC)[C@@H]1CC[C@H]2[C@H]3[C@@H](CC[C@@]12CC)[C@]1(CC)CC[C@@H](O)CC1=C[C@@H]3O. The van der Waals surface area contributed by atoms with E-state index in [0.29, 0.717) is 23.2 Å². The second-order valence-electron chi connectivity index (χ2n) is 12.8. The second-order valence-corrected chi connectivity index (χ2v) is 12.8. The van der Waals surface area contributed by atoms with Gasteiger partial charge in [-0.2, -0.15) is 0 Å². The number of hydrogen-bond acceptors (Lipinski definition) is 2. The van der Waals surface area contributed by atoms with Crippen molar-refractivity contribution in [3.05, 3.63) is 11.6 Å². The fourth-order valence-electron chi connectivity index (χ4n) is 10.2. The molecule has 2 nitrogen and oxygen atoms in total. The summed E-state index contributed by atoms with van der Waals surface area (Å²) in [6.07, 6.45) is 19.3. The van der Waals surface area contributed by atoms with Crippen LogP contribution in [0.2, 0.25) is 0 Å². The minimum atomic E-state index is -0.297. The van der Waals surface area contributed by atoms with Crippen LogP contribution >= 0.6 is 0 Å². The van der Waals surface area contributed by atoms with Crippen molar-refractivity contribution in [2.24, 2.45) is 46.3 Å². The van der Waals surface area contributed by atoms with Crippen LogP contribution in [-0.2, 0) is 0 Å². The molecule has 0 saturated heterocycles. The van der Waals surface area contributed by atoms with Crippen LogP contribution in [0, 0.1) is 46.3 Å². The highest BCUT2D eigenvalue weighted by atomic mass is 16.3. The van der Waals surface area contributed by atoms with E-state index >= 15 is 0 Å². The molecule has 3 saturated carbocycles. The predicted octanol–water partition coefficient (Wildman–Crippen LogP) is 7.92. The topological polar surface area (TPSA) is 40.5 Å². The molecule has 0 unspecified atom stereocenters. The van der Waals surface area contributed by atoms with Gasteiger partial charge in [-0.15, -0.1) is 0 Å². The molecule has 2 heteroatoms. The molecule has 3 fully saturated rings. The largest absolute Gasteiger partial charge is 0.393 e. The molecule has 0 radical (unpaired) electrons. The third kappa shape index (κ3) is 4.28. The smallest absolute Gasteiger partial charge is 0.0757 e. The summed E-state index contributed by atoms with van der Waals surface area (Å²) in [5.41, 5.74) is 2.11. The van der Waals surface area contributed by atoms with E-state index in [1.54, 1.807) is 0 Å². The molecule has 0 aromatic heterocycles. The van der Waals surface area contributed by atoms with E-state index in [9.17, 15) is 10.2 Å². The van der Waals surface area contributed by atoms with Gasteiger partial charge in [-0.25, -0.2) is 0 Å². The Bertz CT molecular complexity index is 684. The quantitative estimate of drug-likeness (QED) is 0.344. The highest BCUT2D eigenvalue weighted by Gasteiger charge is 2.62. The maximum absolute atomic E-state index is 11.6. The summed E-state index contributed by atoms with van der Waals surface area (Å²) in [4.78, 5) is 0. The van der Waals surface area contributed by atoms with Crippen LogP contribution in [0.5, 0.6) is 0 Å². The molecule has 0 aromatic rings. The van der Waals surface area contributed by atoms with Gasteiger partial charge in [0.25, 0.3) is 0 Å². The normalized spacial score (nSPS) is 44.4. The Labute approximate surface area is 205 Å². The summed E-state index contributed by atoms with van der Waals surface area (Å²) in [6, 6.07) is 0. The highest BCUT2D eigenvalue weighted by molar-refractivity contribution is 5.29. The highest BCUT2D eigenvalue weighted by Crippen LogP contribution is 2.69. The average Bonchev–Trinajstić information content (AvgIpc) is 3.19. The molecule has 4 aliphatic carbocycles. The first-order chi connectivity index (χ1) is 15.9. The molecule has 33 heavy (non-hydrogen) atoms. The van der Waals surface area contributed by atoms with Crippen LogP contribution < -0.4 is 0 Å². The van der Waals surface area contributed by atoms with Crippen LogP contribution in [0.15, 0.2) is 11.6 Å². The second kappa shape index (κ2) is 10.3. The Kier molecular flexibility index (Phi) is 8.06. The van der Waals surface area contributed by atoms with Crippen molar-refractivity contribution in [2.75, 3.05) is 0 Å². The van der Waals surface area contributed by atoms with E-state index in [1.807, 2.05) is 0 Å². The van der Waals surface area contributed by atoms with Gasteiger partial charge in [0, 0.05) is 0 Å². The summed E-state index contributed by atoms with van der Waals surface area (Å²) in [5.74, 6) is 4.34. The van der Waals surface area contributed by atoms with Gasteiger partial charge < -0.3 is 10.2 Å². The molecule has 4 rings (SSSR count). The Balaban J connectivity index is 1.60. The molecule has 2 N–H and O–H groups in total. The van der Waals surface area contributed by atoms with Crippen LogP contribution in [0.3, 0.4) is 0 Å². The van der Waals surface area contributed by atoms with Gasteiger partial charge in [0.05, 0.1) is 12.2 Å². The Hall–Kier alpha value is -0.340. The number of aliphatic hydroxyl groups excluding tert-OH is 2. The Morgan fingerprint density at radius 3 is 2.36 bits per heavy atom. The van der Waals surface area contributed by atoms with Crippen molar-refractivity contribution in [2.45, 2.75) is 137 Å². The van der Waals surface area contributed by atoms with Gasteiger partial charge in [0.1, 0.15) is 0 Å². The molecular weight excluding hydrogens is 404 g/mol. The lowest BCUT2D eigenvalue weighted by molar-refractivity contribution is -0.111. The van der Waals surface area contributed by atoms with Crippen LogP contribution in [0.4, 0.5) is 0 Å². The molecule has 10 atom stereocenters. The lowest BCUT2D eigenvalue weighted by Crippen LogP contribution is -2.56. The third-order valence-corrected chi connectivity index (χ3v) is 11.8. The van der Waals surface area contributed by atoms with Crippen molar-refractivity contribution >= 4 is 0 Å². The van der Waals surface area contributed by atoms with Crippen molar-refractivity contribution in [1.82, 2.24) is 0 Å².